The first kappa shape index (κ1) is 19.5. The van der Waals surface area contributed by atoms with E-state index in [1.807, 2.05) is 4.90 Å². The van der Waals surface area contributed by atoms with E-state index in [1.165, 1.54) is 25.3 Å². The SMILES string of the molecule is COC(=O)c1cc([N+](=O)[O-])ccc1N1CCC(NC(=O)OC(C)(C)C)C1. The van der Waals surface area contributed by atoms with Gasteiger partial charge in [-0.25, -0.2) is 9.59 Å². The van der Waals surface area contributed by atoms with Gasteiger partial charge in [0.2, 0.25) is 0 Å². The number of nitro benzene ring substituents is 1. The van der Waals surface area contributed by atoms with Crippen molar-refractivity contribution in [2.45, 2.75) is 38.8 Å². The Hall–Kier alpha value is -2.84. The molecule has 1 unspecified atom stereocenters. The molecule has 0 aromatic heterocycles. The van der Waals surface area contributed by atoms with Crippen molar-refractivity contribution in [1.82, 2.24) is 5.32 Å². The molecule has 1 heterocycles. The summed E-state index contributed by atoms with van der Waals surface area (Å²) in [4.78, 5) is 36.2. The third-order valence-electron chi connectivity index (χ3n) is 3.85. The third kappa shape index (κ3) is 4.84. The van der Waals surface area contributed by atoms with Crippen LogP contribution in [-0.4, -0.2) is 48.8 Å². The van der Waals surface area contributed by atoms with Gasteiger partial charge in [0.25, 0.3) is 5.69 Å². The highest BCUT2D eigenvalue weighted by atomic mass is 16.6. The van der Waals surface area contributed by atoms with Crippen LogP contribution < -0.4 is 10.2 Å². The summed E-state index contributed by atoms with van der Waals surface area (Å²) in [7, 11) is 1.22. The first-order chi connectivity index (χ1) is 12.1. The van der Waals surface area contributed by atoms with Gasteiger partial charge >= 0.3 is 12.1 Å². The van der Waals surface area contributed by atoms with Gasteiger partial charge in [-0.05, 0) is 33.3 Å². The lowest BCUT2D eigenvalue weighted by atomic mass is 10.1. The normalized spacial score (nSPS) is 16.9. The Labute approximate surface area is 151 Å². The average molecular weight is 365 g/mol. The van der Waals surface area contributed by atoms with Gasteiger partial charge < -0.3 is 19.7 Å². The van der Waals surface area contributed by atoms with E-state index < -0.39 is 22.6 Å². The van der Waals surface area contributed by atoms with Crippen molar-refractivity contribution in [2.75, 3.05) is 25.1 Å². The number of amides is 1. The van der Waals surface area contributed by atoms with Crippen LogP contribution in [-0.2, 0) is 9.47 Å². The summed E-state index contributed by atoms with van der Waals surface area (Å²) >= 11 is 0. The first-order valence-electron chi connectivity index (χ1n) is 8.22. The van der Waals surface area contributed by atoms with Crippen LogP contribution in [0.25, 0.3) is 0 Å². The number of hydrogen-bond donors (Lipinski definition) is 1. The summed E-state index contributed by atoms with van der Waals surface area (Å²) < 4.78 is 9.98. The number of rotatable bonds is 4. The molecule has 26 heavy (non-hydrogen) atoms. The van der Waals surface area contributed by atoms with Crippen molar-refractivity contribution < 1.29 is 24.0 Å². The lowest BCUT2D eigenvalue weighted by Gasteiger charge is -2.23. The lowest BCUT2D eigenvalue weighted by Crippen LogP contribution is -2.40. The van der Waals surface area contributed by atoms with Crippen LogP contribution in [0.3, 0.4) is 0 Å². The number of benzene rings is 1. The summed E-state index contributed by atoms with van der Waals surface area (Å²) in [5.41, 5.74) is -0.106. The number of nitrogens with zero attached hydrogens (tertiary/aromatic N) is 2. The van der Waals surface area contributed by atoms with E-state index in [0.29, 0.717) is 25.2 Å². The average Bonchev–Trinajstić information content (AvgIpc) is 2.99. The highest BCUT2D eigenvalue weighted by Crippen LogP contribution is 2.29. The molecule has 0 bridgehead atoms. The predicted molar refractivity (Wildman–Crippen MR) is 94.4 cm³/mol. The minimum atomic E-state index is -0.646. The van der Waals surface area contributed by atoms with Gasteiger partial charge in [-0.2, -0.15) is 0 Å². The standard InChI is InChI=1S/C17H23N3O6/c1-17(2,3)26-16(22)18-11-7-8-19(10-11)14-6-5-12(20(23)24)9-13(14)15(21)25-4/h5-6,9,11H,7-8,10H2,1-4H3,(H,18,22). The number of anilines is 1. The molecule has 9 heteroatoms. The molecule has 0 radical (unpaired) electrons. The Kier molecular flexibility index (Phi) is 5.69. The van der Waals surface area contributed by atoms with Crippen LogP contribution in [0.1, 0.15) is 37.6 Å². The zero-order valence-corrected chi connectivity index (χ0v) is 15.3. The van der Waals surface area contributed by atoms with Crippen molar-refractivity contribution in [3.8, 4) is 0 Å². The predicted octanol–water partition coefficient (Wildman–Crippen LogP) is 2.48. The monoisotopic (exact) mass is 365 g/mol. The molecule has 2 rings (SSSR count). The molecular weight excluding hydrogens is 342 g/mol. The van der Waals surface area contributed by atoms with Crippen molar-refractivity contribution in [1.29, 1.82) is 0 Å². The molecule has 1 amide bonds. The topological polar surface area (TPSA) is 111 Å². The fourth-order valence-corrected chi connectivity index (χ4v) is 2.76. The van der Waals surface area contributed by atoms with Crippen molar-refractivity contribution in [3.05, 3.63) is 33.9 Å². The molecule has 0 saturated carbocycles. The highest BCUT2D eigenvalue weighted by Gasteiger charge is 2.29. The van der Waals surface area contributed by atoms with Gasteiger partial charge in [0.15, 0.2) is 0 Å². The van der Waals surface area contributed by atoms with Crippen LogP contribution in [0, 0.1) is 10.1 Å². The van der Waals surface area contributed by atoms with Gasteiger partial charge in [-0.1, -0.05) is 0 Å². The molecule has 1 aliphatic heterocycles. The van der Waals surface area contributed by atoms with Gasteiger partial charge in [-0.15, -0.1) is 0 Å². The molecule has 1 aliphatic rings. The van der Waals surface area contributed by atoms with Crippen molar-refractivity contribution in [2.24, 2.45) is 0 Å². The number of carbonyl (C=O) groups is 2. The minimum Gasteiger partial charge on any atom is -0.465 e. The van der Waals surface area contributed by atoms with Gasteiger partial charge in [-0.3, -0.25) is 10.1 Å². The van der Waals surface area contributed by atoms with Crippen molar-refractivity contribution in [3.63, 3.8) is 0 Å². The van der Waals surface area contributed by atoms with Gasteiger partial charge in [0, 0.05) is 25.2 Å². The molecule has 0 spiro atoms. The molecular formula is C17H23N3O6. The fraction of sp³-hybridized carbons (Fsp3) is 0.529. The molecule has 1 atom stereocenters. The minimum absolute atomic E-state index is 0.125. The van der Waals surface area contributed by atoms with E-state index in [1.54, 1.807) is 20.8 Å². The maximum absolute atomic E-state index is 12.0. The van der Waals surface area contributed by atoms with E-state index in [4.69, 9.17) is 9.47 Å². The fourth-order valence-electron chi connectivity index (χ4n) is 2.76. The highest BCUT2D eigenvalue weighted by molar-refractivity contribution is 5.96. The Morgan fingerprint density at radius 3 is 2.62 bits per heavy atom. The first-order valence-corrected chi connectivity index (χ1v) is 8.22. The maximum atomic E-state index is 12.0. The zero-order chi connectivity index (χ0) is 19.5. The molecule has 9 nitrogen and oxygen atoms in total. The lowest BCUT2D eigenvalue weighted by molar-refractivity contribution is -0.384. The summed E-state index contributed by atoms with van der Waals surface area (Å²) in [6, 6.07) is 3.93. The largest absolute Gasteiger partial charge is 0.465 e. The third-order valence-corrected chi connectivity index (χ3v) is 3.85. The van der Waals surface area contributed by atoms with Crippen LogP contribution in [0.15, 0.2) is 18.2 Å². The number of esters is 1. The quantitative estimate of drug-likeness (QED) is 0.496. The summed E-state index contributed by atoms with van der Waals surface area (Å²) in [5, 5.41) is 13.8. The molecule has 1 aromatic carbocycles. The van der Waals surface area contributed by atoms with Crippen LogP contribution in [0.2, 0.25) is 0 Å². The van der Waals surface area contributed by atoms with Crippen molar-refractivity contribution >= 4 is 23.4 Å². The van der Waals surface area contributed by atoms with Gasteiger partial charge in [0.05, 0.1) is 29.3 Å². The smallest absolute Gasteiger partial charge is 0.407 e. The second kappa shape index (κ2) is 7.59. The Morgan fingerprint density at radius 2 is 2.04 bits per heavy atom. The number of non-ortho nitro benzene ring substituents is 1. The number of methoxy groups -OCH3 is 1. The number of nitro groups is 1. The summed E-state index contributed by atoms with van der Waals surface area (Å²) in [6.07, 6.45) is 0.165. The number of carbonyl (C=O) groups excluding carboxylic acids is 2. The van der Waals surface area contributed by atoms with Crippen LogP contribution in [0.4, 0.5) is 16.2 Å². The van der Waals surface area contributed by atoms with E-state index in [-0.39, 0.29) is 17.3 Å². The van der Waals surface area contributed by atoms with Crippen LogP contribution >= 0.6 is 0 Å². The second-order valence-electron chi connectivity index (χ2n) is 7.03. The van der Waals surface area contributed by atoms with Gasteiger partial charge in [0.1, 0.15) is 5.60 Å². The Morgan fingerprint density at radius 1 is 1.35 bits per heavy atom. The summed E-state index contributed by atoms with van der Waals surface area (Å²) in [6.45, 7) is 6.40. The molecule has 1 fully saturated rings. The van der Waals surface area contributed by atoms with E-state index >= 15 is 0 Å². The molecule has 1 N–H and O–H groups in total. The molecule has 1 aromatic rings. The summed E-state index contributed by atoms with van der Waals surface area (Å²) in [5.74, 6) is -0.646. The maximum Gasteiger partial charge on any atom is 0.407 e. The molecule has 1 saturated heterocycles. The Balaban J connectivity index is 2.13. The Bertz CT molecular complexity index is 713. The number of nitrogens with one attached hydrogen (secondary N) is 1. The van der Waals surface area contributed by atoms with E-state index in [9.17, 15) is 19.7 Å². The second-order valence-corrected chi connectivity index (χ2v) is 7.03. The van der Waals surface area contributed by atoms with Crippen LogP contribution in [0.5, 0.6) is 0 Å². The van der Waals surface area contributed by atoms with E-state index in [2.05, 4.69) is 5.32 Å². The molecule has 142 valence electrons. The number of hydrogen-bond acceptors (Lipinski definition) is 7. The number of alkyl carbamates (subject to hydrolysis) is 1. The number of ether oxygens (including phenoxy) is 2. The zero-order valence-electron chi connectivity index (χ0n) is 15.3. The van der Waals surface area contributed by atoms with E-state index in [0.717, 1.165) is 0 Å². The molecule has 0 aliphatic carbocycles.